The number of aromatic nitrogens is 2. The Morgan fingerprint density at radius 3 is 2.69 bits per heavy atom. The topological polar surface area (TPSA) is 86.5 Å². The highest BCUT2D eigenvalue weighted by atomic mass is 32.2. The summed E-state index contributed by atoms with van der Waals surface area (Å²) < 4.78 is 16.4. The average Bonchev–Trinajstić information content (AvgIpc) is 3.21. The van der Waals surface area contributed by atoms with Crippen LogP contribution >= 0.6 is 11.8 Å². The summed E-state index contributed by atoms with van der Waals surface area (Å²) in [6.45, 7) is 8.58. The molecule has 0 saturated carbocycles. The molecule has 3 rings (SSSR count). The predicted octanol–water partition coefficient (Wildman–Crippen LogP) is 5.20. The number of thioether (sulfide) groups is 1. The average molecular weight is 456 g/mol. The van der Waals surface area contributed by atoms with Gasteiger partial charge in [0, 0.05) is 18.0 Å². The quantitative estimate of drug-likeness (QED) is 0.420. The number of amides is 1. The van der Waals surface area contributed by atoms with Crippen molar-refractivity contribution in [3.63, 3.8) is 0 Å². The van der Waals surface area contributed by atoms with Gasteiger partial charge in [-0.05, 0) is 49.6 Å². The second-order valence-electron chi connectivity index (χ2n) is 7.88. The normalized spacial score (nSPS) is 11.9. The molecule has 2 aromatic heterocycles. The molecule has 0 spiro atoms. The molecule has 1 aromatic carbocycles. The molecule has 1 atom stereocenters. The molecule has 7 nitrogen and oxygen atoms in total. The number of ether oxygens (including phenoxy) is 2. The van der Waals surface area contributed by atoms with E-state index in [9.17, 15) is 4.79 Å². The molecule has 0 bridgehead atoms. The molecule has 3 aromatic rings. The van der Waals surface area contributed by atoms with Crippen LogP contribution in [0.2, 0.25) is 0 Å². The van der Waals surface area contributed by atoms with Crippen LogP contribution in [0.1, 0.15) is 54.2 Å². The number of carbonyl (C=O) groups is 1. The molecule has 0 saturated heterocycles. The maximum Gasteiger partial charge on any atom is 0.254 e. The zero-order valence-corrected chi connectivity index (χ0v) is 19.9. The molecule has 8 heteroatoms. The van der Waals surface area contributed by atoms with Crippen molar-refractivity contribution in [1.29, 1.82) is 0 Å². The van der Waals surface area contributed by atoms with Crippen LogP contribution in [-0.2, 0) is 5.75 Å². The molecule has 1 amide bonds. The summed E-state index contributed by atoms with van der Waals surface area (Å²) in [7, 11) is 1.61. The van der Waals surface area contributed by atoms with Gasteiger partial charge in [-0.2, -0.15) is 0 Å². The molecule has 0 aliphatic carbocycles. The SMILES string of the molecule is COc1cc(C(C)NC(=O)c2cccnc2SCc2cc(C)on2)ccc1OCC(C)C. The summed E-state index contributed by atoms with van der Waals surface area (Å²) in [4.78, 5) is 17.4. The van der Waals surface area contributed by atoms with Crippen molar-refractivity contribution in [2.45, 2.75) is 44.5 Å². The van der Waals surface area contributed by atoms with Gasteiger partial charge < -0.3 is 19.3 Å². The maximum atomic E-state index is 13.0. The number of rotatable bonds is 10. The Morgan fingerprint density at radius 1 is 1.19 bits per heavy atom. The summed E-state index contributed by atoms with van der Waals surface area (Å²) in [5, 5.41) is 7.69. The van der Waals surface area contributed by atoms with Gasteiger partial charge in [-0.25, -0.2) is 4.98 Å². The van der Waals surface area contributed by atoms with Gasteiger partial charge >= 0.3 is 0 Å². The van der Waals surface area contributed by atoms with E-state index in [0.717, 1.165) is 17.0 Å². The van der Waals surface area contributed by atoms with Crippen molar-refractivity contribution in [2.24, 2.45) is 5.92 Å². The summed E-state index contributed by atoms with van der Waals surface area (Å²) in [5.41, 5.74) is 2.25. The van der Waals surface area contributed by atoms with Crippen molar-refractivity contribution in [3.8, 4) is 11.5 Å². The molecular formula is C24H29N3O4S. The van der Waals surface area contributed by atoms with Crippen molar-refractivity contribution in [3.05, 3.63) is 65.2 Å². The number of hydrogen-bond donors (Lipinski definition) is 1. The summed E-state index contributed by atoms with van der Waals surface area (Å²) in [5.74, 6) is 2.88. The van der Waals surface area contributed by atoms with Gasteiger partial charge in [0.15, 0.2) is 11.5 Å². The second-order valence-corrected chi connectivity index (χ2v) is 8.85. The van der Waals surface area contributed by atoms with E-state index in [-0.39, 0.29) is 11.9 Å². The molecule has 170 valence electrons. The van der Waals surface area contributed by atoms with Gasteiger partial charge in [0.05, 0.1) is 31.0 Å². The van der Waals surface area contributed by atoms with Gasteiger partial charge in [-0.3, -0.25) is 4.79 Å². The summed E-state index contributed by atoms with van der Waals surface area (Å²) in [6, 6.07) is 10.9. The minimum absolute atomic E-state index is 0.191. The van der Waals surface area contributed by atoms with E-state index in [1.807, 2.05) is 38.1 Å². The van der Waals surface area contributed by atoms with Crippen LogP contribution in [0.25, 0.3) is 0 Å². The highest BCUT2D eigenvalue weighted by Gasteiger charge is 2.18. The van der Waals surface area contributed by atoms with Gasteiger partial charge in [-0.1, -0.05) is 36.8 Å². The Hall–Kier alpha value is -3.00. The lowest BCUT2D eigenvalue weighted by molar-refractivity contribution is 0.0936. The fourth-order valence-electron chi connectivity index (χ4n) is 2.99. The lowest BCUT2D eigenvalue weighted by Gasteiger charge is -2.18. The lowest BCUT2D eigenvalue weighted by atomic mass is 10.1. The van der Waals surface area contributed by atoms with E-state index in [1.54, 1.807) is 25.4 Å². The molecule has 0 aliphatic heterocycles. The van der Waals surface area contributed by atoms with Crippen LogP contribution in [0.5, 0.6) is 11.5 Å². The Morgan fingerprint density at radius 2 is 2.00 bits per heavy atom. The summed E-state index contributed by atoms with van der Waals surface area (Å²) >= 11 is 1.45. The third-order valence-electron chi connectivity index (χ3n) is 4.66. The highest BCUT2D eigenvalue weighted by molar-refractivity contribution is 7.98. The molecule has 32 heavy (non-hydrogen) atoms. The molecular weight excluding hydrogens is 426 g/mol. The Labute approximate surface area is 192 Å². The molecule has 2 heterocycles. The van der Waals surface area contributed by atoms with Crippen LogP contribution in [0.15, 0.2) is 52.1 Å². The van der Waals surface area contributed by atoms with E-state index < -0.39 is 0 Å². The molecule has 0 radical (unpaired) electrons. The third kappa shape index (κ3) is 6.26. The number of benzene rings is 1. The first-order chi connectivity index (χ1) is 15.4. The van der Waals surface area contributed by atoms with E-state index >= 15 is 0 Å². The van der Waals surface area contributed by atoms with Gasteiger partial charge in [-0.15, -0.1) is 0 Å². The van der Waals surface area contributed by atoms with Gasteiger partial charge in [0.2, 0.25) is 0 Å². The first kappa shape index (κ1) is 23.7. The number of nitrogens with one attached hydrogen (secondary N) is 1. The molecule has 1 N–H and O–H groups in total. The number of hydrogen-bond acceptors (Lipinski definition) is 7. The van der Waals surface area contributed by atoms with Crippen LogP contribution in [-0.4, -0.2) is 29.8 Å². The van der Waals surface area contributed by atoms with Gasteiger partial charge in [0.25, 0.3) is 5.91 Å². The van der Waals surface area contributed by atoms with Crippen molar-refractivity contribution in [1.82, 2.24) is 15.5 Å². The number of carbonyl (C=O) groups excluding carboxylic acids is 1. The van der Waals surface area contributed by atoms with Gasteiger partial charge in [0.1, 0.15) is 10.8 Å². The number of methoxy groups -OCH3 is 1. The Kier molecular flexibility index (Phi) is 8.16. The van der Waals surface area contributed by atoms with Crippen molar-refractivity contribution < 1.29 is 18.8 Å². The van der Waals surface area contributed by atoms with Crippen LogP contribution in [0.4, 0.5) is 0 Å². The number of pyridine rings is 1. The first-order valence-electron chi connectivity index (χ1n) is 10.5. The fraction of sp³-hybridized carbons (Fsp3) is 0.375. The monoisotopic (exact) mass is 455 g/mol. The Balaban J connectivity index is 1.69. The van der Waals surface area contributed by atoms with E-state index in [2.05, 4.69) is 29.3 Å². The zero-order valence-electron chi connectivity index (χ0n) is 19.0. The largest absolute Gasteiger partial charge is 0.493 e. The maximum absolute atomic E-state index is 13.0. The molecule has 0 fully saturated rings. The van der Waals surface area contributed by atoms with E-state index in [0.29, 0.717) is 40.4 Å². The highest BCUT2D eigenvalue weighted by Crippen LogP contribution is 2.31. The van der Waals surface area contributed by atoms with Crippen molar-refractivity contribution in [2.75, 3.05) is 13.7 Å². The second kappa shape index (κ2) is 11.0. The zero-order chi connectivity index (χ0) is 23.1. The fourth-order valence-corrected chi connectivity index (χ4v) is 3.87. The standard InChI is InChI=1S/C24H29N3O4S/c1-15(2)13-30-21-9-8-18(12-22(21)29-5)17(4)26-23(28)20-7-6-10-25-24(20)32-14-19-11-16(3)31-27-19/h6-12,15,17H,13-14H2,1-5H3,(H,26,28). The summed E-state index contributed by atoms with van der Waals surface area (Å²) in [6.07, 6.45) is 1.68. The first-order valence-corrected chi connectivity index (χ1v) is 11.5. The van der Waals surface area contributed by atoms with Crippen LogP contribution in [0, 0.1) is 12.8 Å². The number of nitrogens with zero attached hydrogens (tertiary/aromatic N) is 2. The van der Waals surface area contributed by atoms with E-state index in [1.165, 1.54) is 11.8 Å². The smallest absolute Gasteiger partial charge is 0.254 e. The predicted molar refractivity (Wildman–Crippen MR) is 124 cm³/mol. The number of aryl methyl sites for hydroxylation is 1. The molecule has 0 aliphatic rings. The minimum atomic E-state index is -0.230. The van der Waals surface area contributed by atoms with Crippen LogP contribution < -0.4 is 14.8 Å². The third-order valence-corrected chi connectivity index (χ3v) is 5.70. The minimum Gasteiger partial charge on any atom is -0.493 e. The molecule has 1 unspecified atom stereocenters. The van der Waals surface area contributed by atoms with E-state index in [4.69, 9.17) is 14.0 Å². The Bertz CT molecular complexity index is 1050. The van der Waals surface area contributed by atoms with Crippen LogP contribution in [0.3, 0.4) is 0 Å². The lowest BCUT2D eigenvalue weighted by Crippen LogP contribution is -2.27. The van der Waals surface area contributed by atoms with Crippen molar-refractivity contribution >= 4 is 17.7 Å².